The third-order valence-electron chi connectivity index (χ3n) is 5.08. The summed E-state index contributed by atoms with van der Waals surface area (Å²) in [4.78, 5) is 0. The third kappa shape index (κ3) is 2.86. The fourth-order valence-corrected chi connectivity index (χ4v) is 3.97. The minimum Gasteiger partial charge on any atom is -0.388 e. The Hall–Kier alpha value is -2.08. The highest BCUT2D eigenvalue weighted by atomic mass is 35.5. The van der Waals surface area contributed by atoms with Crippen LogP contribution in [0.1, 0.15) is 32.8 Å². The number of anilines is 1. The lowest BCUT2D eigenvalue weighted by Gasteiger charge is -2.44. The van der Waals surface area contributed by atoms with Crippen molar-refractivity contribution < 1.29 is 5.11 Å². The van der Waals surface area contributed by atoms with Crippen molar-refractivity contribution in [1.82, 2.24) is 15.2 Å². The summed E-state index contributed by atoms with van der Waals surface area (Å²) in [7, 11) is 1.82. The zero-order chi connectivity index (χ0) is 18.9. The molecule has 0 radical (unpaired) electrons. The molecule has 0 aliphatic rings. The first-order valence-corrected chi connectivity index (χ1v) is 9.11. The molecule has 138 valence electrons. The van der Waals surface area contributed by atoms with Gasteiger partial charge in [-0.3, -0.25) is 4.68 Å². The quantitative estimate of drug-likeness (QED) is 0.568. The average Bonchev–Trinajstić information content (AvgIpc) is 3.02. The Morgan fingerprint density at radius 3 is 2.42 bits per heavy atom. The molecule has 0 fully saturated rings. The summed E-state index contributed by atoms with van der Waals surface area (Å²) in [6, 6.07) is 13.6. The van der Waals surface area contributed by atoms with Crippen molar-refractivity contribution in [2.24, 2.45) is 0 Å². The second kappa shape index (κ2) is 6.91. The van der Waals surface area contributed by atoms with E-state index >= 15 is 0 Å². The predicted octanol–water partition coefficient (Wildman–Crippen LogP) is 4.16. The van der Waals surface area contributed by atoms with Crippen LogP contribution in [0, 0.1) is 0 Å². The Morgan fingerprint density at radius 1 is 1.15 bits per heavy atom. The van der Waals surface area contributed by atoms with E-state index in [0.717, 1.165) is 22.2 Å². The van der Waals surface area contributed by atoms with Gasteiger partial charge < -0.3 is 10.5 Å². The predicted molar refractivity (Wildman–Crippen MR) is 108 cm³/mol. The minimum absolute atomic E-state index is 0.665. The van der Waals surface area contributed by atoms with Crippen LogP contribution in [0.5, 0.6) is 0 Å². The van der Waals surface area contributed by atoms with Gasteiger partial charge in [-0.25, -0.2) is 5.43 Å². The molecule has 0 bridgehead atoms. The lowest BCUT2D eigenvalue weighted by Crippen LogP contribution is -2.53. The van der Waals surface area contributed by atoms with Crippen molar-refractivity contribution in [3.8, 4) is 0 Å². The maximum absolute atomic E-state index is 11.2. The highest BCUT2D eigenvalue weighted by molar-refractivity contribution is 6.30. The molecule has 3 N–H and O–H groups in total. The van der Waals surface area contributed by atoms with E-state index in [1.165, 1.54) is 0 Å². The highest BCUT2D eigenvalue weighted by Gasteiger charge is 2.47. The first-order valence-electron chi connectivity index (χ1n) is 8.73. The number of hydrazine groups is 1. The fraction of sp³-hybridized carbons (Fsp3) is 0.350. The van der Waals surface area contributed by atoms with Crippen molar-refractivity contribution in [2.45, 2.75) is 38.3 Å². The van der Waals surface area contributed by atoms with Crippen LogP contribution in [0.25, 0.3) is 10.9 Å². The molecule has 0 amide bonds. The molecule has 0 aliphatic carbocycles. The number of aromatic nitrogens is 2. The Morgan fingerprint density at radius 2 is 1.85 bits per heavy atom. The van der Waals surface area contributed by atoms with Crippen LogP contribution >= 0.6 is 11.6 Å². The van der Waals surface area contributed by atoms with Crippen LogP contribution in [0.4, 0.5) is 5.69 Å². The molecule has 1 heterocycles. The summed E-state index contributed by atoms with van der Waals surface area (Å²) in [6.07, 6.45) is 2.50. The van der Waals surface area contributed by atoms with Gasteiger partial charge in [0.1, 0.15) is 5.54 Å². The highest BCUT2D eigenvalue weighted by Crippen LogP contribution is 2.42. The number of hydrogen-bond acceptors (Lipinski definition) is 4. The van der Waals surface area contributed by atoms with Gasteiger partial charge in [0.05, 0.1) is 23.0 Å². The largest absolute Gasteiger partial charge is 0.388 e. The first kappa shape index (κ1) is 18.7. The van der Waals surface area contributed by atoms with Gasteiger partial charge in [-0.1, -0.05) is 36.7 Å². The van der Waals surface area contributed by atoms with E-state index in [-0.39, 0.29) is 0 Å². The first-order chi connectivity index (χ1) is 12.3. The molecule has 5 nitrogen and oxygen atoms in total. The number of halogens is 1. The normalized spacial score (nSPS) is 14.4. The van der Waals surface area contributed by atoms with Crippen LogP contribution < -0.4 is 10.9 Å². The smallest absolute Gasteiger partial charge is 0.116 e. The molecule has 0 aliphatic heterocycles. The summed E-state index contributed by atoms with van der Waals surface area (Å²) in [5, 5.41) is 17.6. The Balaban J connectivity index is 2.31. The van der Waals surface area contributed by atoms with Gasteiger partial charge in [-0.05, 0) is 50.1 Å². The molecule has 26 heavy (non-hydrogen) atoms. The molecule has 0 saturated carbocycles. The second-order valence-electron chi connectivity index (χ2n) is 6.95. The van der Waals surface area contributed by atoms with Crippen LogP contribution in [-0.4, -0.2) is 27.5 Å². The van der Waals surface area contributed by atoms with Gasteiger partial charge in [0.25, 0.3) is 0 Å². The topological polar surface area (TPSA) is 62.1 Å². The van der Waals surface area contributed by atoms with Crippen molar-refractivity contribution in [2.75, 3.05) is 12.5 Å². The third-order valence-corrected chi connectivity index (χ3v) is 5.33. The number of nitrogens with zero attached hydrogens (tertiary/aromatic N) is 2. The summed E-state index contributed by atoms with van der Waals surface area (Å²) in [6.45, 7) is 5.72. The maximum Gasteiger partial charge on any atom is 0.116 e. The molecule has 1 atom stereocenters. The summed E-state index contributed by atoms with van der Waals surface area (Å²) >= 11 is 6.09. The van der Waals surface area contributed by atoms with E-state index in [0.29, 0.717) is 11.4 Å². The van der Waals surface area contributed by atoms with Gasteiger partial charge in [0, 0.05) is 17.5 Å². The standard InChI is InChI=1S/C20H25ClN4O/c1-5-20(19(2,3)26,14-9-11-15(21)12-10-14)25-18-8-6-7-17(24-22-4)16(18)13-23-25/h6-13,22,24,26H,5H2,1-4H3. The van der Waals surface area contributed by atoms with Crippen LogP contribution in [0.3, 0.4) is 0 Å². The fourth-order valence-electron chi connectivity index (χ4n) is 3.85. The van der Waals surface area contributed by atoms with Crippen molar-refractivity contribution >= 4 is 28.2 Å². The lowest BCUT2D eigenvalue weighted by atomic mass is 9.74. The molecule has 3 rings (SSSR count). The van der Waals surface area contributed by atoms with Crippen LogP contribution in [-0.2, 0) is 5.54 Å². The van der Waals surface area contributed by atoms with E-state index < -0.39 is 11.1 Å². The number of aliphatic hydroxyl groups is 1. The van der Waals surface area contributed by atoms with E-state index in [4.69, 9.17) is 16.7 Å². The Labute approximate surface area is 158 Å². The van der Waals surface area contributed by atoms with E-state index in [1.807, 2.05) is 74.2 Å². The van der Waals surface area contributed by atoms with Crippen molar-refractivity contribution in [3.05, 3.63) is 59.2 Å². The Kier molecular flexibility index (Phi) is 4.97. The van der Waals surface area contributed by atoms with Gasteiger partial charge in [0.15, 0.2) is 0 Å². The van der Waals surface area contributed by atoms with Crippen molar-refractivity contribution in [1.29, 1.82) is 0 Å². The van der Waals surface area contributed by atoms with Crippen molar-refractivity contribution in [3.63, 3.8) is 0 Å². The number of hydrogen-bond donors (Lipinski definition) is 3. The summed E-state index contributed by atoms with van der Waals surface area (Å²) in [5.74, 6) is 0. The molecule has 6 heteroatoms. The zero-order valence-electron chi connectivity index (χ0n) is 15.5. The number of benzene rings is 2. The van der Waals surface area contributed by atoms with Gasteiger partial charge >= 0.3 is 0 Å². The van der Waals surface area contributed by atoms with Crippen LogP contribution in [0.15, 0.2) is 48.7 Å². The molecular formula is C20H25ClN4O. The van der Waals surface area contributed by atoms with Gasteiger partial charge in [-0.15, -0.1) is 0 Å². The number of fused-ring (bicyclic) bond motifs is 1. The molecule has 1 unspecified atom stereocenters. The average molecular weight is 373 g/mol. The summed E-state index contributed by atoms with van der Waals surface area (Å²) < 4.78 is 1.94. The van der Waals surface area contributed by atoms with E-state index in [1.54, 1.807) is 0 Å². The molecule has 0 saturated heterocycles. The molecule has 0 spiro atoms. The van der Waals surface area contributed by atoms with Gasteiger partial charge in [0.2, 0.25) is 0 Å². The maximum atomic E-state index is 11.2. The summed E-state index contributed by atoms with van der Waals surface area (Å²) in [5.41, 5.74) is 7.15. The number of nitrogens with one attached hydrogen (secondary N) is 2. The van der Waals surface area contributed by atoms with E-state index in [9.17, 15) is 5.11 Å². The number of rotatable bonds is 6. The molecular weight excluding hydrogens is 348 g/mol. The zero-order valence-corrected chi connectivity index (χ0v) is 16.3. The van der Waals surface area contributed by atoms with E-state index in [2.05, 4.69) is 17.8 Å². The molecule has 2 aromatic carbocycles. The minimum atomic E-state index is -1.05. The molecule has 1 aromatic heterocycles. The second-order valence-corrected chi connectivity index (χ2v) is 7.39. The van der Waals surface area contributed by atoms with Crippen LogP contribution in [0.2, 0.25) is 5.02 Å². The SMILES string of the molecule is CCC(c1ccc(Cl)cc1)(n1ncc2c(NNC)cccc21)C(C)(C)O. The monoisotopic (exact) mass is 372 g/mol. The molecule has 3 aromatic rings. The Bertz CT molecular complexity index is 898. The lowest BCUT2D eigenvalue weighted by molar-refractivity contribution is -0.0297. The van der Waals surface area contributed by atoms with Gasteiger partial charge in [-0.2, -0.15) is 5.10 Å².